The van der Waals surface area contributed by atoms with E-state index in [2.05, 4.69) is 25.0 Å². The molecule has 3 aliphatic rings. The highest BCUT2D eigenvalue weighted by molar-refractivity contribution is 5.78. The number of carbonyl (C=O) groups excluding carboxylic acids is 1. The summed E-state index contributed by atoms with van der Waals surface area (Å²) >= 11 is 0. The van der Waals surface area contributed by atoms with E-state index in [0.717, 1.165) is 57.8 Å². The number of likely N-dealkylation sites (tertiary alicyclic amines) is 1. The van der Waals surface area contributed by atoms with Crippen molar-refractivity contribution in [3.8, 4) is 0 Å². The van der Waals surface area contributed by atoms with E-state index in [9.17, 15) is 4.79 Å². The lowest BCUT2D eigenvalue weighted by atomic mass is 9.94. The van der Waals surface area contributed by atoms with E-state index in [4.69, 9.17) is 4.74 Å². The first-order valence-corrected chi connectivity index (χ1v) is 10.8. The van der Waals surface area contributed by atoms with E-state index in [1.807, 2.05) is 6.33 Å². The fraction of sp³-hybridized carbons (Fsp3) is 0.850. The van der Waals surface area contributed by atoms with Crippen LogP contribution in [0, 0.1) is 5.92 Å². The molecule has 0 spiro atoms. The lowest BCUT2D eigenvalue weighted by Crippen LogP contribution is -2.48. The first-order chi connectivity index (χ1) is 13.3. The number of carbonyl (C=O) groups is 1. The topological polar surface area (TPSA) is 72.3 Å². The van der Waals surface area contributed by atoms with Gasteiger partial charge in [0.05, 0.1) is 12.5 Å². The van der Waals surface area contributed by atoms with Crippen molar-refractivity contribution < 1.29 is 9.53 Å². The zero-order valence-electron chi connectivity index (χ0n) is 16.3. The van der Waals surface area contributed by atoms with Gasteiger partial charge in [-0.1, -0.05) is 19.3 Å². The molecule has 2 saturated heterocycles. The van der Waals surface area contributed by atoms with Crippen molar-refractivity contribution in [2.24, 2.45) is 5.92 Å². The molecular weight excluding hydrogens is 342 g/mol. The highest BCUT2D eigenvalue weighted by Gasteiger charge is 2.30. The predicted octanol–water partition coefficient (Wildman–Crippen LogP) is 2.29. The summed E-state index contributed by atoms with van der Waals surface area (Å²) in [7, 11) is 0. The van der Waals surface area contributed by atoms with E-state index in [-0.39, 0.29) is 11.8 Å². The Morgan fingerprint density at radius 1 is 1.07 bits per heavy atom. The Morgan fingerprint density at radius 2 is 1.89 bits per heavy atom. The molecule has 1 saturated carbocycles. The number of aromatic nitrogens is 3. The Balaban J connectivity index is 1.29. The molecule has 0 radical (unpaired) electrons. The van der Waals surface area contributed by atoms with Crippen molar-refractivity contribution in [1.82, 2.24) is 25.0 Å². The third kappa shape index (κ3) is 4.69. The van der Waals surface area contributed by atoms with E-state index in [1.54, 1.807) is 0 Å². The van der Waals surface area contributed by atoms with Crippen molar-refractivity contribution in [2.45, 2.75) is 76.4 Å². The van der Waals surface area contributed by atoms with Gasteiger partial charge in [-0.2, -0.15) is 0 Å². The summed E-state index contributed by atoms with van der Waals surface area (Å²) in [4.78, 5) is 15.3. The van der Waals surface area contributed by atoms with Crippen molar-refractivity contribution in [3.63, 3.8) is 0 Å². The second-order valence-corrected chi connectivity index (χ2v) is 8.34. The zero-order valence-corrected chi connectivity index (χ0v) is 16.3. The van der Waals surface area contributed by atoms with E-state index >= 15 is 0 Å². The molecule has 4 rings (SSSR count). The minimum absolute atomic E-state index is 0.0904. The van der Waals surface area contributed by atoms with Gasteiger partial charge in [0, 0.05) is 31.8 Å². The maximum atomic E-state index is 12.8. The summed E-state index contributed by atoms with van der Waals surface area (Å²) in [5, 5.41) is 11.5. The third-order valence-electron chi connectivity index (χ3n) is 6.57. The highest BCUT2D eigenvalue weighted by Crippen LogP contribution is 2.28. The minimum Gasteiger partial charge on any atom is -0.381 e. The normalized spacial score (nSPS) is 26.1. The molecule has 1 N–H and O–H groups in total. The second-order valence-electron chi connectivity index (χ2n) is 8.34. The van der Waals surface area contributed by atoms with Crippen LogP contribution >= 0.6 is 0 Å². The molecule has 1 aromatic heterocycles. The van der Waals surface area contributed by atoms with Crippen LogP contribution in [0.15, 0.2) is 6.33 Å². The number of rotatable bonds is 5. The summed E-state index contributed by atoms with van der Waals surface area (Å²) < 4.78 is 7.67. The molecule has 3 fully saturated rings. The Bertz CT molecular complexity index is 607. The molecule has 150 valence electrons. The molecule has 7 heteroatoms. The first-order valence-electron chi connectivity index (χ1n) is 10.8. The smallest absolute Gasteiger partial charge is 0.224 e. The predicted molar refractivity (Wildman–Crippen MR) is 102 cm³/mol. The molecule has 3 heterocycles. The second kappa shape index (κ2) is 9.15. The van der Waals surface area contributed by atoms with Gasteiger partial charge in [0.25, 0.3) is 0 Å². The van der Waals surface area contributed by atoms with Crippen LogP contribution in [0.1, 0.15) is 69.7 Å². The number of nitrogens with one attached hydrogen (secondary N) is 1. The van der Waals surface area contributed by atoms with Crippen LogP contribution in [-0.2, 0) is 16.1 Å². The lowest BCUT2D eigenvalue weighted by molar-refractivity contribution is -0.127. The van der Waals surface area contributed by atoms with Gasteiger partial charge in [0.1, 0.15) is 6.33 Å². The van der Waals surface area contributed by atoms with Crippen LogP contribution in [0.3, 0.4) is 0 Å². The quantitative estimate of drug-likeness (QED) is 0.855. The first kappa shape index (κ1) is 18.9. The summed E-state index contributed by atoms with van der Waals surface area (Å²) in [5.41, 5.74) is 0. The number of amides is 1. The number of hydrogen-bond acceptors (Lipinski definition) is 5. The van der Waals surface area contributed by atoms with E-state index in [1.165, 1.54) is 32.1 Å². The number of piperidine rings is 1. The molecule has 7 nitrogen and oxygen atoms in total. The van der Waals surface area contributed by atoms with Crippen LogP contribution in [0.5, 0.6) is 0 Å². The highest BCUT2D eigenvalue weighted by atomic mass is 16.5. The van der Waals surface area contributed by atoms with Gasteiger partial charge in [-0.3, -0.25) is 9.69 Å². The molecule has 1 atom stereocenters. The molecule has 27 heavy (non-hydrogen) atoms. The van der Waals surface area contributed by atoms with Crippen LogP contribution < -0.4 is 5.32 Å². The van der Waals surface area contributed by atoms with Crippen molar-refractivity contribution in [2.75, 3.05) is 26.3 Å². The van der Waals surface area contributed by atoms with Gasteiger partial charge in [-0.25, -0.2) is 0 Å². The van der Waals surface area contributed by atoms with E-state index < -0.39 is 0 Å². The molecular formula is C20H33N5O2. The van der Waals surface area contributed by atoms with Crippen LogP contribution in [0.2, 0.25) is 0 Å². The molecule has 0 bridgehead atoms. The summed E-state index contributed by atoms with van der Waals surface area (Å²) in [6.45, 7) is 4.20. The molecule has 1 amide bonds. The zero-order chi connectivity index (χ0) is 18.5. The maximum absolute atomic E-state index is 12.8. The Hall–Kier alpha value is -1.47. The largest absolute Gasteiger partial charge is 0.381 e. The third-order valence-corrected chi connectivity index (χ3v) is 6.57. The van der Waals surface area contributed by atoms with Crippen molar-refractivity contribution in [1.29, 1.82) is 0 Å². The maximum Gasteiger partial charge on any atom is 0.224 e. The SMILES string of the molecule is O=C(NCc1nncn1C1CCCCC1)C1CCCN(C2CCOCC2)C1. The summed E-state index contributed by atoms with van der Waals surface area (Å²) in [6.07, 6.45) is 12.4. The Kier molecular flexibility index (Phi) is 6.39. The molecule has 2 aliphatic heterocycles. The fourth-order valence-electron chi connectivity index (χ4n) is 4.97. The van der Waals surface area contributed by atoms with E-state index in [0.29, 0.717) is 18.6 Å². The van der Waals surface area contributed by atoms with Gasteiger partial charge in [0.2, 0.25) is 5.91 Å². The number of nitrogens with zero attached hydrogens (tertiary/aromatic N) is 4. The van der Waals surface area contributed by atoms with Gasteiger partial charge < -0.3 is 14.6 Å². The average molecular weight is 376 g/mol. The van der Waals surface area contributed by atoms with Gasteiger partial charge in [-0.05, 0) is 45.1 Å². The van der Waals surface area contributed by atoms with Crippen LogP contribution in [0.4, 0.5) is 0 Å². The lowest BCUT2D eigenvalue weighted by Gasteiger charge is -2.39. The Labute approximate surface area is 161 Å². The van der Waals surface area contributed by atoms with Gasteiger partial charge in [0.15, 0.2) is 5.82 Å². The summed E-state index contributed by atoms with van der Waals surface area (Å²) in [5.74, 6) is 1.16. The fourth-order valence-corrected chi connectivity index (χ4v) is 4.97. The average Bonchev–Trinajstić information content (AvgIpc) is 3.22. The number of ether oxygens (including phenoxy) is 1. The minimum atomic E-state index is 0.0904. The molecule has 1 unspecified atom stereocenters. The Morgan fingerprint density at radius 3 is 2.70 bits per heavy atom. The van der Waals surface area contributed by atoms with Crippen molar-refractivity contribution >= 4 is 5.91 Å². The summed E-state index contributed by atoms with van der Waals surface area (Å²) in [6, 6.07) is 1.09. The standard InChI is InChI=1S/C20H33N5O2/c26-20(16-5-4-10-24(14-16)17-8-11-27-12-9-17)21-13-19-23-22-15-25(19)18-6-2-1-3-7-18/h15-18H,1-14H2,(H,21,26). The molecule has 1 aromatic rings. The molecule has 0 aromatic carbocycles. The van der Waals surface area contributed by atoms with Crippen LogP contribution in [0.25, 0.3) is 0 Å². The van der Waals surface area contributed by atoms with Gasteiger partial charge >= 0.3 is 0 Å². The molecule has 1 aliphatic carbocycles. The van der Waals surface area contributed by atoms with Crippen LogP contribution in [-0.4, -0.2) is 57.9 Å². The monoisotopic (exact) mass is 375 g/mol. The van der Waals surface area contributed by atoms with Crippen molar-refractivity contribution in [3.05, 3.63) is 12.2 Å². The van der Waals surface area contributed by atoms with Gasteiger partial charge in [-0.15, -0.1) is 10.2 Å². The number of hydrogen-bond donors (Lipinski definition) is 1.